The highest BCUT2D eigenvalue weighted by Crippen LogP contribution is 2.42. The topological polar surface area (TPSA) is 66.8 Å². The van der Waals surface area contributed by atoms with Crippen LogP contribution in [0, 0.1) is 11.8 Å². The number of carbonyl (C=O) groups is 2. The van der Waals surface area contributed by atoms with Crippen molar-refractivity contribution in [2.24, 2.45) is 11.8 Å². The van der Waals surface area contributed by atoms with Gasteiger partial charge < -0.3 is 9.84 Å². The lowest BCUT2D eigenvalue weighted by Crippen LogP contribution is -2.45. The fourth-order valence-electron chi connectivity index (χ4n) is 3.83. The van der Waals surface area contributed by atoms with E-state index in [0.29, 0.717) is 18.3 Å². The van der Waals surface area contributed by atoms with Crippen molar-refractivity contribution in [1.82, 2.24) is 4.90 Å². The van der Waals surface area contributed by atoms with Crippen LogP contribution in [0.1, 0.15) is 38.5 Å². The van der Waals surface area contributed by atoms with Gasteiger partial charge in [-0.1, -0.05) is 31.4 Å². The molecule has 3 atom stereocenters. The van der Waals surface area contributed by atoms with Gasteiger partial charge in [0, 0.05) is 6.42 Å². The molecule has 0 aromatic heterocycles. The van der Waals surface area contributed by atoms with Gasteiger partial charge in [0.25, 0.3) is 0 Å². The normalized spacial score (nSPS) is 32.8. The van der Waals surface area contributed by atoms with E-state index in [4.69, 9.17) is 9.84 Å². The minimum absolute atomic E-state index is 0.0266. The predicted octanol–water partition coefficient (Wildman–Crippen LogP) is 2.89. The second kappa shape index (κ2) is 5.31. The molecule has 0 spiro atoms. The zero-order chi connectivity index (χ0) is 14.1. The molecule has 2 fully saturated rings. The fourth-order valence-corrected chi connectivity index (χ4v) is 3.83. The Kier molecular flexibility index (Phi) is 3.51. The van der Waals surface area contributed by atoms with Crippen molar-refractivity contribution >= 4 is 12.1 Å². The highest BCUT2D eigenvalue weighted by atomic mass is 16.7. The van der Waals surface area contributed by atoms with Crippen LogP contribution in [0.3, 0.4) is 0 Å². The molecule has 3 unspecified atom stereocenters. The van der Waals surface area contributed by atoms with Crippen molar-refractivity contribution in [3.05, 3.63) is 24.1 Å². The smallest absolute Gasteiger partial charge is 0.449 e. The van der Waals surface area contributed by atoms with Crippen molar-refractivity contribution < 1.29 is 19.4 Å². The number of rotatable bonds is 1. The summed E-state index contributed by atoms with van der Waals surface area (Å²) in [6.07, 6.45) is 10.1. The Bertz CT molecular complexity index is 482. The Balaban J connectivity index is 1.91. The van der Waals surface area contributed by atoms with Crippen molar-refractivity contribution in [3.8, 4) is 0 Å². The van der Waals surface area contributed by atoms with E-state index < -0.39 is 6.16 Å². The molecule has 108 valence electrons. The van der Waals surface area contributed by atoms with E-state index in [9.17, 15) is 9.59 Å². The van der Waals surface area contributed by atoms with Gasteiger partial charge in [-0.3, -0.25) is 9.69 Å². The molecule has 1 amide bonds. The summed E-state index contributed by atoms with van der Waals surface area (Å²) >= 11 is 0. The number of nitrogens with zero attached hydrogens (tertiary/aromatic N) is 1. The van der Waals surface area contributed by atoms with E-state index in [-0.39, 0.29) is 17.8 Å². The highest BCUT2D eigenvalue weighted by Gasteiger charge is 2.41. The minimum atomic E-state index is -1.37. The van der Waals surface area contributed by atoms with E-state index in [0.717, 1.165) is 12.8 Å². The number of hydrogen-bond donors (Lipinski definition) is 1. The van der Waals surface area contributed by atoms with Crippen LogP contribution in [0.5, 0.6) is 0 Å². The molecular weight excluding hydrogens is 258 g/mol. The molecule has 2 aliphatic heterocycles. The van der Waals surface area contributed by atoms with Crippen molar-refractivity contribution in [2.75, 3.05) is 0 Å². The van der Waals surface area contributed by atoms with Crippen molar-refractivity contribution in [1.29, 1.82) is 0 Å². The summed E-state index contributed by atoms with van der Waals surface area (Å²) in [7, 11) is 0. The molecule has 1 aliphatic carbocycles. The van der Waals surface area contributed by atoms with Crippen LogP contribution < -0.4 is 0 Å². The van der Waals surface area contributed by atoms with Gasteiger partial charge in [-0.25, -0.2) is 4.79 Å². The average molecular weight is 277 g/mol. The Morgan fingerprint density at radius 3 is 2.90 bits per heavy atom. The second-order valence-corrected chi connectivity index (χ2v) is 5.76. The third-order valence-corrected chi connectivity index (χ3v) is 4.68. The van der Waals surface area contributed by atoms with Crippen LogP contribution in [0.2, 0.25) is 0 Å². The standard InChI is InChI=1S/C15H19NO4/c17-13-9-8-10-4-1-2-5-11(10)12-6-3-7-14(16(12)13)20-15(18)19/h3,6-7,10-12H,1-2,4-5,8-9H2,(H,18,19). The first-order valence-corrected chi connectivity index (χ1v) is 7.28. The van der Waals surface area contributed by atoms with Gasteiger partial charge in [0.1, 0.15) is 0 Å². The maximum Gasteiger partial charge on any atom is 0.512 e. The Labute approximate surface area is 117 Å². The molecule has 0 bridgehead atoms. The summed E-state index contributed by atoms with van der Waals surface area (Å²) in [6.45, 7) is 0. The van der Waals surface area contributed by atoms with Gasteiger partial charge in [-0.2, -0.15) is 0 Å². The third kappa shape index (κ3) is 2.32. The molecule has 20 heavy (non-hydrogen) atoms. The Hall–Kier alpha value is -1.78. The maximum atomic E-state index is 12.4. The summed E-state index contributed by atoms with van der Waals surface area (Å²) in [5, 5.41) is 8.82. The molecule has 1 saturated heterocycles. The van der Waals surface area contributed by atoms with Crippen LogP contribution >= 0.6 is 0 Å². The quantitative estimate of drug-likeness (QED) is 0.748. The second-order valence-electron chi connectivity index (χ2n) is 5.76. The molecule has 0 radical (unpaired) electrons. The van der Waals surface area contributed by atoms with Gasteiger partial charge in [0.15, 0.2) is 0 Å². The lowest BCUT2D eigenvalue weighted by molar-refractivity contribution is -0.132. The van der Waals surface area contributed by atoms with Crippen LogP contribution in [0.4, 0.5) is 4.79 Å². The van der Waals surface area contributed by atoms with Crippen LogP contribution in [-0.4, -0.2) is 28.1 Å². The van der Waals surface area contributed by atoms with E-state index in [2.05, 4.69) is 0 Å². The van der Waals surface area contributed by atoms with E-state index in [1.54, 1.807) is 11.0 Å². The molecular formula is C15H19NO4. The maximum absolute atomic E-state index is 12.4. The summed E-state index contributed by atoms with van der Waals surface area (Å²) in [6, 6.07) is -0.0466. The number of allylic oxidation sites excluding steroid dienone is 2. The van der Waals surface area contributed by atoms with E-state index in [1.807, 2.05) is 12.2 Å². The number of ether oxygens (including phenoxy) is 1. The first kappa shape index (κ1) is 13.2. The van der Waals surface area contributed by atoms with Crippen LogP contribution in [0.25, 0.3) is 0 Å². The molecule has 5 heteroatoms. The summed E-state index contributed by atoms with van der Waals surface area (Å²) in [5.74, 6) is 1.12. The molecule has 0 aromatic rings. The van der Waals surface area contributed by atoms with E-state index >= 15 is 0 Å². The SMILES string of the molecule is O=C(O)OC1=CC=CC2C3CCCCC3CCC(=O)N12. The molecule has 1 N–H and O–H groups in total. The van der Waals surface area contributed by atoms with E-state index in [1.165, 1.54) is 19.3 Å². The first-order valence-electron chi connectivity index (χ1n) is 7.28. The minimum Gasteiger partial charge on any atom is -0.449 e. The van der Waals surface area contributed by atoms with Gasteiger partial charge in [0.2, 0.25) is 11.8 Å². The Morgan fingerprint density at radius 2 is 2.10 bits per heavy atom. The molecule has 5 nitrogen and oxygen atoms in total. The number of carboxylic acid groups (broad SMARTS) is 1. The van der Waals surface area contributed by atoms with Crippen LogP contribution in [0.15, 0.2) is 24.1 Å². The zero-order valence-corrected chi connectivity index (χ0v) is 11.3. The van der Waals surface area contributed by atoms with Crippen LogP contribution in [-0.2, 0) is 9.53 Å². The van der Waals surface area contributed by atoms with Crippen molar-refractivity contribution in [2.45, 2.75) is 44.6 Å². The number of fused-ring (bicyclic) bond motifs is 3. The molecule has 2 heterocycles. The molecule has 3 rings (SSSR count). The number of amides is 1. The number of hydrogen-bond acceptors (Lipinski definition) is 3. The lowest BCUT2D eigenvalue weighted by Gasteiger charge is -2.39. The summed E-state index contributed by atoms with van der Waals surface area (Å²) in [5.41, 5.74) is 0. The zero-order valence-electron chi connectivity index (χ0n) is 11.3. The van der Waals surface area contributed by atoms with Gasteiger partial charge in [-0.15, -0.1) is 0 Å². The summed E-state index contributed by atoms with van der Waals surface area (Å²) < 4.78 is 4.80. The lowest BCUT2D eigenvalue weighted by atomic mass is 9.73. The average Bonchev–Trinajstić information content (AvgIpc) is 2.57. The number of carbonyl (C=O) groups excluding carboxylic acids is 1. The molecule has 0 aromatic carbocycles. The molecule has 1 saturated carbocycles. The van der Waals surface area contributed by atoms with Gasteiger partial charge >= 0.3 is 6.16 Å². The summed E-state index contributed by atoms with van der Waals surface area (Å²) in [4.78, 5) is 24.7. The fraction of sp³-hybridized carbons (Fsp3) is 0.600. The monoisotopic (exact) mass is 277 g/mol. The van der Waals surface area contributed by atoms with Crippen molar-refractivity contribution in [3.63, 3.8) is 0 Å². The Morgan fingerprint density at radius 1 is 1.30 bits per heavy atom. The van der Waals surface area contributed by atoms with Gasteiger partial charge in [0.05, 0.1) is 6.04 Å². The first-order chi connectivity index (χ1) is 9.66. The van der Waals surface area contributed by atoms with Gasteiger partial charge in [-0.05, 0) is 30.8 Å². The molecule has 3 aliphatic rings. The highest BCUT2D eigenvalue weighted by molar-refractivity contribution is 5.79. The predicted molar refractivity (Wildman–Crippen MR) is 71.6 cm³/mol. The third-order valence-electron chi connectivity index (χ3n) is 4.68. The largest absolute Gasteiger partial charge is 0.512 e.